The largest absolute Gasteiger partial charge is 0.459 e. The lowest BCUT2D eigenvalue weighted by Crippen LogP contribution is -2.13. The van der Waals surface area contributed by atoms with Gasteiger partial charge in [0, 0.05) is 12.7 Å². The zero-order valence-corrected chi connectivity index (χ0v) is 11.7. The van der Waals surface area contributed by atoms with Crippen molar-refractivity contribution in [2.75, 3.05) is 13.7 Å². The molecule has 0 bridgehead atoms. The number of carbonyl (C=O) groups is 1. The van der Waals surface area contributed by atoms with Gasteiger partial charge in [0.2, 0.25) is 0 Å². The second kappa shape index (κ2) is 6.08. The Balaban J connectivity index is 1.68. The van der Waals surface area contributed by atoms with Crippen molar-refractivity contribution in [3.8, 4) is 0 Å². The number of ether oxygens (including phenoxy) is 3. The molecule has 4 nitrogen and oxygen atoms in total. The van der Waals surface area contributed by atoms with Crippen LogP contribution in [0.15, 0.2) is 54.6 Å². The minimum absolute atomic E-state index is 0.171. The van der Waals surface area contributed by atoms with Gasteiger partial charge < -0.3 is 14.2 Å². The third-order valence-electron chi connectivity index (χ3n) is 3.47. The molecular formula is C17H16O4. The molecule has 3 rings (SSSR count). The Morgan fingerprint density at radius 3 is 2.43 bits per heavy atom. The molecule has 0 aliphatic carbocycles. The Kier molecular flexibility index (Phi) is 3.99. The predicted molar refractivity (Wildman–Crippen MR) is 76.7 cm³/mol. The molecule has 108 valence electrons. The van der Waals surface area contributed by atoms with Gasteiger partial charge in [0.05, 0.1) is 5.56 Å². The van der Waals surface area contributed by atoms with Crippen molar-refractivity contribution in [3.05, 3.63) is 71.3 Å². The van der Waals surface area contributed by atoms with Gasteiger partial charge in [-0.25, -0.2) is 4.79 Å². The minimum atomic E-state index is -0.401. The van der Waals surface area contributed by atoms with Crippen molar-refractivity contribution in [3.63, 3.8) is 0 Å². The molecule has 1 aliphatic heterocycles. The van der Waals surface area contributed by atoms with Crippen LogP contribution in [0.3, 0.4) is 0 Å². The normalized spacial score (nSPS) is 20.0. The number of esters is 1. The molecule has 0 N–H and O–H groups in total. The molecule has 2 aromatic rings. The van der Waals surface area contributed by atoms with Crippen molar-refractivity contribution in [2.24, 2.45) is 0 Å². The van der Waals surface area contributed by atoms with Gasteiger partial charge >= 0.3 is 5.97 Å². The van der Waals surface area contributed by atoms with Crippen molar-refractivity contribution in [1.82, 2.24) is 0 Å². The fraction of sp³-hybridized carbons (Fsp3) is 0.235. The molecule has 2 atom stereocenters. The highest BCUT2D eigenvalue weighted by Crippen LogP contribution is 2.39. The first-order chi connectivity index (χ1) is 10.3. The zero-order valence-electron chi connectivity index (χ0n) is 11.7. The summed E-state index contributed by atoms with van der Waals surface area (Å²) in [7, 11) is 1.60. The van der Waals surface area contributed by atoms with Gasteiger partial charge in [0.15, 0.2) is 6.29 Å². The lowest BCUT2D eigenvalue weighted by Gasteiger charge is -2.13. The van der Waals surface area contributed by atoms with Crippen LogP contribution in [0.25, 0.3) is 0 Å². The Morgan fingerprint density at radius 2 is 1.71 bits per heavy atom. The van der Waals surface area contributed by atoms with E-state index < -0.39 is 6.29 Å². The molecule has 0 saturated carbocycles. The summed E-state index contributed by atoms with van der Waals surface area (Å²) in [5.41, 5.74) is 2.53. The van der Waals surface area contributed by atoms with E-state index in [2.05, 4.69) is 0 Å². The molecular weight excluding hydrogens is 268 g/mol. The van der Waals surface area contributed by atoms with Crippen LogP contribution < -0.4 is 0 Å². The van der Waals surface area contributed by atoms with Gasteiger partial charge in [-0.05, 0) is 17.7 Å². The molecule has 0 fully saturated rings. The molecule has 4 heteroatoms. The molecule has 0 spiro atoms. The Hall–Kier alpha value is -2.17. The van der Waals surface area contributed by atoms with Crippen LogP contribution >= 0.6 is 0 Å². The van der Waals surface area contributed by atoms with Gasteiger partial charge in [-0.3, -0.25) is 0 Å². The summed E-state index contributed by atoms with van der Waals surface area (Å²) in [6.45, 7) is 0.171. The number of methoxy groups -OCH3 is 1. The highest BCUT2D eigenvalue weighted by molar-refractivity contribution is 5.89. The third kappa shape index (κ3) is 2.82. The smallest absolute Gasteiger partial charge is 0.338 e. The summed E-state index contributed by atoms with van der Waals surface area (Å²) in [6.07, 6.45) is -0.694. The van der Waals surface area contributed by atoms with Crippen LogP contribution in [0.1, 0.15) is 33.9 Å². The zero-order chi connectivity index (χ0) is 14.7. The summed E-state index contributed by atoms with van der Waals surface area (Å²) in [5, 5.41) is 0. The monoisotopic (exact) mass is 284 g/mol. The van der Waals surface area contributed by atoms with Crippen molar-refractivity contribution in [1.29, 1.82) is 0 Å². The highest BCUT2D eigenvalue weighted by atomic mass is 16.7. The van der Waals surface area contributed by atoms with Gasteiger partial charge in [0.25, 0.3) is 0 Å². The van der Waals surface area contributed by atoms with Crippen molar-refractivity contribution in [2.45, 2.75) is 12.4 Å². The van der Waals surface area contributed by atoms with Gasteiger partial charge in [-0.15, -0.1) is 0 Å². The quantitative estimate of drug-likeness (QED) is 0.808. The number of rotatable bonds is 4. The number of benzene rings is 2. The van der Waals surface area contributed by atoms with E-state index in [0.29, 0.717) is 5.56 Å². The van der Waals surface area contributed by atoms with Crippen LogP contribution in [-0.2, 0) is 14.2 Å². The summed E-state index contributed by atoms with van der Waals surface area (Å²) < 4.78 is 16.4. The summed E-state index contributed by atoms with van der Waals surface area (Å²) in [4.78, 5) is 12.0. The van der Waals surface area contributed by atoms with Crippen LogP contribution in [-0.4, -0.2) is 19.7 Å². The third-order valence-corrected chi connectivity index (χ3v) is 3.47. The second-order valence-corrected chi connectivity index (χ2v) is 4.79. The van der Waals surface area contributed by atoms with Gasteiger partial charge in [-0.1, -0.05) is 42.5 Å². The maximum atomic E-state index is 12.0. The minimum Gasteiger partial charge on any atom is -0.459 e. The average Bonchev–Trinajstić information content (AvgIpc) is 2.91. The Labute approximate surface area is 123 Å². The molecule has 2 unspecified atom stereocenters. The summed E-state index contributed by atoms with van der Waals surface area (Å²) in [6, 6.07) is 16.7. The van der Waals surface area contributed by atoms with E-state index in [4.69, 9.17) is 14.2 Å². The van der Waals surface area contributed by atoms with Gasteiger partial charge in [0.1, 0.15) is 12.7 Å². The van der Waals surface area contributed by atoms with E-state index in [9.17, 15) is 4.79 Å². The topological polar surface area (TPSA) is 44.8 Å². The Bertz CT molecular complexity index is 624. The second-order valence-electron chi connectivity index (χ2n) is 4.79. The molecule has 21 heavy (non-hydrogen) atoms. The van der Waals surface area contributed by atoms with Crippen LogP contribution in [0.4, 0.5) is 0 Å². The molecule has 1 aliphatic rings. The summed E-state index contributed by atoms with van der Waals surface area (Å²) in [5.74, 6) is -0.349. The molecule has 0 amide bonds. The maximum Gasteiger partial charge on any atom is 0.338 e. The first-order valence-corrected chi connectivity index (χ1v) is 6.79. The predicted octanol–water partition coefficient (Wildman–Crippen LogP) is 3.26. The lowest BCUT2D eigenvalue weighted by molar-refractivity contribution is -0.152. The van der Waals surface area contributed by atoms with E-state index in [1.54, 1.807) is 31.4 Å². The van der Waals surface area contributed by atoms with Crippen LogP contribution in [0, 0.1) is 0 Å². The van der Waals surface area contributed by atoms with E-state index in [1.165, 1.54) is 0 Å². The van der Waals surface area contributed by atoms with E-state index in [1.807, 2.05) is 30.3 Å². The average molecular weight is 284 g/mol. The van der Waals surface area contributed by atoms with Crippen molar-refractivity contribution < 1.29 is 19.0 Å². The fourth-order valence-corrected chi connectivity index (χ4v) is 2.44. The van der Waals surface area contributed by atoms with E-state index in [0.717, 1.165) is 11.1 Å². The molecule has 0 saturated heterocycles. The molecule has 0 radical (unpaired) electrons. The van der Waals surface area contributed by atoms with Gasteiger partial charge in [-0.2, -0.15) is 0 Å². The standard InChI is InChI=1S/C17H16O4/c1-19-17-14-10-6-5-9-13(14)15(21-17)11-20-16(18)12-7-3-2-4-8-12/h2-10,15,17H,11H2,1H3. The molecule has 0 aromatic heterocycles. The van der Waals surface area contributed by atoms with E-state index in [-0.39, 0.29) is 18.7 Å². The van der Waals surface area contributed by atoms with Crippen LogP contribution in [0.5, 0.6) is 0 Å². The highest BCUT2D eigenvalue weighted by Gasteiger charge is 2.32. The first-order valence-electron chi connectivity index (χ1n) is 6.79. The number of hydrogen-bond donors (Lipinski definition) is 0. The van der Waals surface area contributed by atoms with E-state index >= 15 is 0 Å². The van der Waals surface area contributed by atoms with Crippen molar-refractivity contribution >= 4 is 5.97 Å². The lowest BCUT2D eigenvalue weighted by atomic mass is 10.1. The number of fused-ring (bicyclic) bond motifs is 1. The Morgan fingerprint density at radius 1 is 1.05 bits per heavy atom. The molecule has 2 aromatic carbocycles. The number of carbonyl (C=O) groups excluding carboxylic acids is 1. The SMILES string of the molecule is COC1OC(COC(=O)c2ccccc2)c2ccccc21. The number of hydrogen-bond acceptors (Lipinski definition) is 4. The fourth-order valence-electron chi connectivity index (χ4n) is 2.44. The molecule has 1 heterocycles. The maximum absolute atomic E-state index is 12.0. The summed E-state index contributed by atoms with van der Waals surface area (Å²) >= 11 is 0. The van der Waals surface area contributed by atoms with Crippen LogP contribution in [0.2, 0.25) is 0 Å². The first kappa shape index (κ1) is 13.8.